The molecule has 1 aromatic carbocycles. The summed E-state index contributed by atoms with van der Waals surface area (Å²) in [7, 11) is 0. The molecule has 1 aliphatic rings. The molecule has 0 radical (unpaired) electrons. The summed E-state index contributed by atoms with van der Waals surface area (Å²) in [5, 5.41) is 7.63. The van der Waals surface area contributed by atoms with Crippen LogP contribution in [0.25, 0.3) is 0 Å². The Morgan fingerprint density at radius 3 is 2.35 bits per heavy atom. The topological polar surface area (TPSA) is 23.9 Å². The maximum atomic E-state index is 13.0. The van der Waals surface area contributed by atoms with Crippen molar-refractivity contribution in [3.63, 3.8) is 0 Å². The van der Waals surface area contributed by atoms with Gasteiger partial charge in [-0.1, -0.05) is 19.9 Å². The normalized spacial score (nSPS) is 15.5. The van der Waals surface area contributed by atoms with E-state index < -0.39 is 11.7 Å². The highest BCUT2D eigenvalue weighted by Crippen LogP contribution is 2.39. The summed E-state index contributed by atoms with van der Waals surface area (Å²) >= 11 is 0. The molecule has 0 spiro atoms. The summed E-state index contributed by atoms with van der Waals surface area (Å²) in [5.41, 5.74) is 0.963. The van der Waals surface area contributed by atoms with Crippen LogP contribution in [0.1, 0.15) is 48.4 Å². The molecule has 0 fully saturated rings. The van der Waals surface area contributed by atoms with Crippen molar-refractivity contribution >= 4 is 5.71 Å². The van der Waals surface area contributed by atoms with Crippen molar-refractivity contribution in [1.29, 1.82) is 5.41 Å². The first kappa shape index (κ1) is 12.1. The van der Waals surface area contributed by atoms with Crippen LogP contribution in [-0.2, 0) is 12.6 Å². The first-order chi connectivity index (χ1) is 7.80. The van der Waals surface area contributed by atoms with Crippen LogP contribution in [0.15, 0.2) is 12.1 Å². The lowest BCUT2D eigenvalue weighted by Crippen LogP contribution is -2.12. The molecule has 1 nitrogen and oxygen atoms in total. The lowest BCUT2D eigenvalue weighted by atomic mass is 9.93. The van der Waals surface area contributed by atoms with Gasteiger partial charge in [-0.25, -0.2) is 0 Å². The summed E-state index contributed by atoms with van der Waals surface area (Å²) in [4.78, 5) is 0. The van der Waals surface area contributed by atoms with E-state index in [0.717, 1.165) is 0 Å². The van der Waals surface area contributed by atoms with E-state index >= 15 is 0 Å². The zero-order valence-corrected chi connectivity index (χ0v) is 9.78. The monoisotopic (exact) mass is 241 g/mol. The standard InChI is InChI=1S/C13H14F3N/c1-7(2)9-5-8-3-4-11(17)12(8)10(6-9)13(14,15)16/h5-7,17H,3-4H2,1-2H3. The fraction of sp³-hybridized carbons (Fsp3) is 0.462. The maximum absolute atomic E-state index is 13.0. The van der Waals surface area contributed by atoms with Crippen molar-refractivity contribution in [3.8, 4) is 0 Å². The molecule has 4 heteroatoms. The minimum Gasteiger partial charge on any atom is -0.305 e. The van der Waals surface area contributed by atoms with E-state index in [1.165, 1.54) is 6.07 Å². The van der Waals surface area contributed by atoms with Crippen LogP contribution < -0.4 is 0 Å². The number of hydrogen-bond donors (Lipinski definition) is 1. The third-order valence-electron chi connectivity index (χ3n) is 3.16. The molecule has 1 N–H and O–H groups in total. The number of fused-ring (bicyclic) bond motifs is 1. The number of benzene rings is 1. The summed E-state index contributed by atoms with van der Waals surface area (Å²) in [6.07, 6.45) is -3.40. The second kappa shape index (κ2) is 3.86. The molecular weight excluding hydrogens is 227 g/mol. The molecule has 0 aliphatic heterocycles. The van der Waals surface area contributed by atoms with Gasteiger partial charge in [0.2, 0.25) is 0 Å². The Morgan fingerprint density at radius 2 is 1.82 bits per heavy atom. The van der Waals surface area contributed by atoms with Gasteiger partial charge in [0.05, 0.1) is 5.56 Å². The molecule has 1 aliphatic carbocycles. The van der Waals surface area contributed by atoms with Gasteiger partial charge in [-0.05, 0) is 36.0 Å². The van der Waals surface area contributed by atoms with Gasteiger partial charge >= 0.3 is 6.18 Å². The molecule has 1 aromatic rings. The van der Waals surface area contributed by atoms with Gasteiger partial charge in [0.1, 0.15) is 0 Å². The molecule has 0 saturated carbocycles. The molecule has 0 atom stereocenters. The van der Waals surface area contributed by atoms with E-state index in [1.54, 1.807) is 0 Å². The average molecular weight is 241 g/mol. The van der Waals surface area contributed by atoms with Gasteiger partial charge in [-0.2, -0.15) is 13.2 Å². The van der Waals surface area contributed by atoms with Gasteiger partial charge in [-0.15, -0.1) is 0 Å². The number of nitrogens with one attached hydrogen (secondary N) is 1. The highest BCUT2D eigenvalue weighted by atomic mass is 19.4. The van der Waals surface area contributed by atoms with Crippen LogP contribution >= 0.6 is 0 Å². The van der Waals surface area contributed by atoms with Crippen molar-refractivity contribution < 1.29 is 13.2 Å². The second-order valence-corrected chi connectivity index (χ2v) is 4.73. The van der Waals surface area contributed by atoms with Gasteiger partial charge in [0.15, 0.2) is 0 Å². The number of aryl methyl sites for hydroxylation is 1. The lowest BCUT2D eigenvalue weighted by molar-refractivity contribution is -0.137. The molecule has 0 unspecified atom stereocenters. The first-order valence-electron chi connectivity index (χ1n) is 5.62. The van der Waals surface area contributed by atoms with Crippen molar-refractivity contribution in [3.05, 3.63) is 34.4 Å². The molecule has 0 heterocycles. The van der Waals surface area contributed by atoms with Crippen LogP contribution in [0, 0.1) is 5.41 Å². The fourth-order valence-corrected chi connectivity index (χ4v) is 2.22. The van der Waals surface area contributed by atoms with Crippen molar-refractivity contribution in [2.24, 2.45) is 0 Å². The van der Waals surface area contributed by atoms with E-state index in [1.807, 2.05) is 19.9 Å². The van der Waals surface area contributed by atoms with E-state index in [9.17, 15) is 13.2 Å². The predicted octanol–water partition coefficient (Wildman–Crippen LogP) is 4.14. The Bertz CT molecular complexity index is 472. The van der Waals surface area contributed by atoms with Crippen LogP contribution in [0.2, 0.25) is 0 Å². The number of hydrogen-bond acceptors (Lipinski definition) is 1. The third-order valence-corrected chi connectivity index (χ3v) is 3.16. The van der Waals surface area contributed by atoms with Crippen LogP contribution in [-0.4, -0.2) is 5.71 Å². The number of rotatable bonds is 1. The van der Waals surface area contributed by atoms with E-state index in [2.05, 4.69) is 0 Å². The molecule has 92 valence electrons. The van der Waals surface area contributed by atoms with Gasteiger partial charge in [-0.3, -0.25) is 0 Å². The molecule has 0 saturated heterocycles. The smallest absolute Gasteiger partial charge is 0.305 e. The van der Waals surface area contributed by atoms with Crippen LogP contribution in [0.5, 0.6) is 0 Å². The van der Waals surface area contributed by atoms with Crippen molar-refractivity contribution in [2.75, 3.05) is 0 Å². The summed E-state index contributed by atoms with van der Waals surface area (Å²) in [6.45, 7) is 3.75. The average Bonchev–Trinajstić information content (AvgIpc) is 2.58. The number of alkyl halides is 3. The summed E-state index contributed by atoms with van der Waals surface area (Å²) in [6, 6.07) is 3.01. The third kappa shape index (κ3) is 2.08. The highest BCUT2D eigenvalue weighted by Gasteiger charge is 2.37. The van der Waals surface area contributed by atoms with Crippen LogP contribution in [0.3, 0.4) is 0 Å². The Labute approximate surface area is 98.2 Å². The quantitative estimate of drug-likeness (QED) is 0.764. The Morgan fingerprint density at radius 1 is 1.18 bits per heavy atom. The highest BCUT2D eigenvalue weighted by molar-refractivity contribution is 6.03. The number of halogens is 3. The molecule has 17 heavy (non-hydrogen) atoms. The zero-order chi connectivity index (χ0) is 12.8. The van der Waals surface area contributed by atoms with E-state index in [4.69, 9.17) is 5.41 Å². The molecule has 0 bridgehead atoms. The maximum Gasteiger partial charge on any atom is 0.417 e. The first-order valence-corrected chi connectivity index (χ1v) is 5.62. The Kier molecular flexibility index (Phi) is 2.76. The SMILES string of the molecule is CC(C)c1cc2c(c(C(F)(F)F)c1)C(=N)CC2. The summed E-state index contributed by atoms with van der Waals surface area (Å²) in [5.74, 6) is 0.0659. The van der Waals surface area contributed by atoms with E-state index in [0.29, 0.717) is 24.0 Å². The van der Waals surface area contributed by atoms with Crippen LogP contribution in [0.4, 0.5) is 13.2 Å². The van der Waals surface area contributed by atoms with E-state index in [-0.39, 0.29) is 17.2 Å². The second-order valence-electron chi connectivity index (χ2n) is 4.73. The lowest BCUT2D eigenvalue weighted by Gasteiger charge is -2.16. The largest absolute Gasteiger partial charge is 0.417 e. The molecule has 0 aromatic heterocycles. The minimum absolute atomic E-state index is 0.0659. The van der Waals surface area contributed by atoms with Gasteiger partial charge in [0, 0.05) is 11.3 Å². The summed E-state index contributed by atoms with van der Waals surface area (Å²) < 4.78 is 38.9. The fourth-order valence-electron chi connectivity index (χ4n) is 2.22. The Hall–Kier alpha value is -1.32. The zero-order valence-electron chi connectivity index (χ0n) is 9.78. The van der Waals surface area contributed by atoms with Gasteiger partial charge < -0.3 is 5.41 Å². The van der Waals surface area contributed by atoms with Gasteiger partial charge in [0.25, 0.3) is 0 Å². The molecule has 2 rings (SSSR count). The van der Waals surface area contributed by atoms with Crippen molar-refractivity contribution in [1.82, 2.24) is 0 Å². The molecule has 0 amide bonds. The minimum atomic E-state index is -4.37. The predicted molar refractivity (Wildman–Crippen MR) is 60.7 cm³/mol. The van der Waals surface area contributed by atoms with Crippen molar-refractivity contribution in [2.45, 2.75) is 38.8 Å². The molecular formula is C13H14F3N. The Balaban J connectivity index is 2.67.